The molecule has 1 fully saturated rings. The van der Waals surface area contributed by atoms with Gasteiger partial charge in [0.15, 0.2) is 17.3 Å². The lowest BCUT2D eigenvalue weighted by Crippen LogP contribution is -2.48. The average Bonchev–Trinajstić information content (AvgIpc) is 3.30. The monoisotopic (exact) mass is 381 g/mol. The van der Waals surface area contributed by atoms with Crippen molar-refractivity contribution in [2.45, 2.75) is 13.1 Å². The van der Waals surface area contributed by atoms with Crippen LogP contribution in [0.25, 0.3) is 0 Å². The summed E-state index contributed by atoms with van der Waals surface area (Å²) >= 11 is 0. The minimum atomic E-state index is 0. The molecule has 0 aliphatic carbocycles. The molecule has 2 aromatic rings. The van der Waals surface area contributed by atoms with Crippen molar-refractivity contribution in [3.63, 3.8) is 0 Å². The number of carbonyl (C=O) groups is 1. The minimum absolute atomic E-state index is 0. The van der Waals surface area contributed by atoms with E-state index in [1.54, 1.807) is 18.2 Å². The second-order valence-corrected chi connectivity index (χ2v) is 5.94. The Morgan fingerprint density at radius 1 is 1.15 bits per heavy atom. The van der Waals surface area contributed by atoms with Gasteiger partial charge in [-0.25, -0.2) is 0 Å². The zero-order valence-corrected chi connectivity index (χ0v) is 14.9. The van der Waals surface area contributed by atoms with Crippen LogP contribution < -0.4 is 15.2 Å². The van der Waals surface area contributed by atoms with Crippen molar-refractivity contribution in [3.05, 3.63) is 35.5 Å². The fraction of sp³-hybridized carbons (Fsp3) is 0.438. The number of benzene rings is 1. The third-order valence-electron chi connectivity index (χ3n) is 4.33. The topological polar surface area (TPSA) is 107 Å². The zero-order chi connectivity index (χ0) is 17.2. The second-order valence-electron chi connectivity index (χ2n) is 5.94. The predicted octanol–water partition coefficient (Wildman–Crippen LogP) is 0.637. The maximum atomic E-state index is 12.7. The molecule has 0 unspecified atom stereocenters. The molecule has 9 nitrogen and oxygen atoms in total. The van der Waals surface area contributed by atoms with Crippen molar-refractivity contribution < 1.29 is 18.8 Å². The SMILES string of the molecule is Cl.NCc1nc(CN2CCN(C(=O)c3ccc4c(c3)OCO4)CC2)no1. The first-order valence-corrected chi connectivity index (χ1v) is 8.16. The smallest absolute Gasteiger partial charge is 0.254 e. The summed E-state index contributed by atoms with van der Waals surface area (Å²) in [4.78, 5) is 20.9. The molecule has 0 radical (unpaired) electrons. The third kappa shape index (κ3) is 3.74. The van der Waals surface area contributed by atoms with Crippen LogP contribution in [-0.2, 0) is 13.1 Å². The molecule has 1 saturated heterocycles. The van der Waals surface area contributed by atoms with Gasteiger partial charge >= 0.3 is 0 Å². The van der Waals surface area contributed by atoms with Crippen molar-refractivity contribution in [2.24, 2.45) is 5.73 Å². The molecule has 1 amide bonds. The number of ether oxygens (including phenoxy) is 2. The second kappa shape index (κ2) is 7.90. The lowest BCUT2D eigenvalue weighted by Gasteiger charge is -2.34. The molecule has 3 heterocycles. The van der Waals surface area contributed by atoms with Gasteiger partial charge in [-0.3, -0.25) is 9.69 Å². The standard InChI is InChI=1S/C16H19N5O4.ClH/c17-8-15-18-14(19-25-15)9-20-3-5-21(6-4-20)16(22)11-1-2-12-13(7-11)24-10-23-12;/h1-2,7H,3-6,8-10,17H2;1H. The number of piperazine rings is 1. The van der Waals surface area contributed by atoms with Gasteiger partial charge in [0.2, 0.25) is 12.7 Å². The summed E-state index contributed by atoms with van der Waals surface area (Å²) in [6.07, 6.45) is 0. The van der Waals surface area contributed by atoms with Gasteiger partial charge in [-0.05, 0) is 18.2 Å². The van der Waals surface area contributed by atoms with Crippen LogP contribution in [0.2, 0.25) is 0 Å². The highest BCUT2D eigenvalue weighted by atomic mass is 35.5. The quantitative estimate of drug-likeness (QED) is 0.822. The number of nitrogens with two attached hydrogens (primary N) is 1. The van der Waals surface area contributed by atoms with Gasteiger partial charge in [0.05, 0.1) is 13.1 Å². The van der Waals surface area contributed by atoms with E-state index in [2.05, 4.69) is 15.0 Å². The van der Waals surface area contributed by atoms with Gasteiger partial charge in [-0.15, -0.1) is 12.4 Å². The van der Waals surface area contributed by atoms with E-state index in [9.17, 15) is 4.79 Å². The first-order valence-electron chi connectivity index (χ1n) is 8.16. The average molecular weight is 382 g/mol. The number of rotatable bonds is 4. The van der Waals surface area contributed by atoms with E-state index in [0.29, 0.717) is 48.4 Å². The highest BCUT2D eigenvalue weighted by Gasteiger charge is 2.24. The van der Waals surface area contributed by atoms with Crippen LogP contribution in [0.15, 0.2) is 22.7 Å². The van der Waals surface area contributed by atoms with Crippen LogP contribution >= 0.6 is 12.4 Å². The fourth-order valence-corrected chi connectivity index (χ4v) is 2.96. The molecule has 2 N–H and O–H groups in total. The van der Waals surface area contributed by atoms with Gasteiger partial charge < -0.3 is 24.6 Å². The molecule has 140 valence electrons. The number of amides is 1. The maximum Gasteiger partial charge on any atom is 0.254 e. The Kier molecular flexibility index (Phi) is 5.60. The Morgan fingerprint density at radius 2 is 1.92 bits per heavy atom. The van der Waals surface area contributed by atoms with Crippen LogP contribution in [-0.4, -0.2) is 58.8 Å². The van der Waals surface area contributed by atoms with Crippen molar-refractivity contribution >= 4 is 18.3 Å². The number of hydrogen-bond donors (Lipinski definition) is 1. The first-order chi connectivity index (χ1) is 12.2. The van der Waals surface area contributed by atoms with Crippen LogP contribution in [0.1, 0.15) is 22.1 Å². The Labute approximate surface area is 156 Å². The lowest BCUT2D eigenvalue weighted by molar-refractivity contribution is 0.0624. The van der Waals surface area contributed by atoms with E-state index in [-0.39, 0.29) is 31.7 Å². The van der Waals surface area contributed by atoms with Crippen LogP contribution in [0, 0.1) is 0 Å². The summed E-state index contributed by atoms with van der Waals surface area (Å²) in [5.74, 6) is 2.36. The number of carbonyl (C=O) groups excluding carboxylic acids is 1. The number of nitrogens with zero attached hydrogens (tertiary/aromatic N) is 4. The minimum Gasteiger partial charge on any atom is -0.454 e. The molecule has 0 saturated carbocycles. The summed E-state index contributed by atoms with van der Waals surface area (Å²) < 4.78 is 15.6. The zero-order valence-electron chi connectivity index (χ0n) is 14.1. The predicted molar refractivity (Wildman–Crippen MR) is 93.2 cm³/mol. The summed E-state index contributed by atoms with van der Waals surface area (Å²) in [6.45, 7) is 3.84. The molecule has 0 bridgehead atoms. The number of hydrogen-bond acceptors (Lipinski definition) is 8. The summed E-state index contributed by atoms with van der Waals surface area (Å²) in [6, 6.07) is 5.29. The Balaban J connectivity index is 0.00000196. The van der Waals surface area contributed by atoms with E-state index in [1.807, 2.05) is 4.90 Å². The summed E-state index contributed by atoms with van der Waals surface area (Å²) in [7, 11) is 0. The lowest BCUT2D eigenvalue weighted by atomic mass is 10.1. The third-order valence-corrected chi connectivity index (χ3v) is 4.33. The maximum absolute atomic E-state index is 12.7. The molecule has 2 aliphatic rings. The van der Waals surface area contributed by atoms with Crippen molar-refractivity contribution in [3.8, 4) is 11.5 Å². The van der Waals surface area contributed by atoms with E-state index < -0.39 is 0 Å². The molecular weight excluding hydrogens is 362 g/mol. The van der Waals surface area contributed by atoms with Gasteiger partial charge in [0, 0.05) is 31.7 Å². The fourth-order valence-electron chi connectivity index (χ4n) is 2.96. The van der Waals surface area contributed by atoms with E-state index >= 15 is 0 Å². The van der Waals surface area contributed by atoms with Crippen molar-refractivity contribution in [1.29, 1.82) is 0 Å². The molecule has 26 heavy (non-hydrogen) atoms. The van der Waals surface area contributed by atoms with E-state index in [1.165, 1.54) is 0 Å². The first kappa shape index (κ1) is 18.4. The van der Waals surface area contributed by atoms with Gasteiger partial charge in [0.1, 0.15) is 0 Å². The van der Waals surface area contributed by atoms with Gasteiger partial charge in [-0.1, -0.05) is 5.16 Å². The van der Waals surface area contributed by atoms with Crippen LogP contribution in [0.5, 0.6) is 11.5 Å². The Bertz CT molecular complexity index is 776. The van der Waals surface area contributed by atoms with E-state index in [4.69, 9.17) is 19.7 Å². The largest absolute Gasteiger partial charge is 0.454 e. The van der Waals surface area contributed by atoms with Crippen molar-refractivity contribution in [1.82, 2.24) is 19.9 Å². The molecule has 0 atom stereocenters. The van der Waals surface area contributed by atoms with Crippen LogP contribution in [0.3, 0.4) is 0 Å². The Morgan fingerprint density at radius 3 is 2.65 bits per heavy atom. The van der Waals surface area contributed by atoms with Crippen LogP contribution in [0.4, 0.5) is 0 Å². The Hall–Kier alpha value is -2.36. The van der Waals surface area contributed by atoms with E-state index in [0.717, 1.165) is 13.1 Å². The molecule has 4 rings (SSSR count). The summed E-state index contributed by atoms with van der Waals surface area (Å²) in [5.41, 5.74) is 6.08. The number of halogens is 1. The van der Waals surface area contributed by atoms with Gasteiger partial charge in [-0.2, -0.15) is 4.98 Å². The highest BCUT2D eigenvalue weighted by Crippen LogP contribution is 2.32. The number of fused-ring (bicyclic) bond motifs is 1. The van der Waals surface area contributed by atoms with Crippen molar-refractivity contribution in [2.75, 3.05) is 33.0 Å². The molecular formula is C16H20ClN5O4. The summed E-state index contributed by atoms with van der Waals surface area (Å²) in [5, 5.41) is 3.90. The molecule has 0 spiro atoms. The highest BCUT2D eigenvalue weighted by molar-refractivity contribution is 5.95. The molecule has 1 aromatic heterocycles. The number of aromatic nitrogens is 2. The van der Waals surface area contributed by atoms with Gasteiger partial charge in [0.25, 0.3) is 5.91 Å². The molecule has 10 heteroatoms. The normalized spacial score (nSPS) is 16.4. The molecule has 2 aliphatic heterocycles. The molecule has 1 aromatic carbocycles.